The molecular weight excluding hydrogens is 462 g/mol. The lowest BCUT2D eigenvalue weighted by molar-refractivity contribution is -0.127. The minimum atomic E-state index is -1.02. The van der Waals surface area contributed by atoms with E-state index in [2.05, 4.69) is 15.6 Å². The van der Waals surface area contributed by atoms with E-state index in [1.165, 1.54) is 15.8 Å². The van der Waals surface area contributed by atoms with Crippen LogP contribution in [0.2, 0.25) is 0 Å². The molecule has 1 atom stereocenters. The molecule has 36 heavy (non-hydrogen) atoms. The lowest BCUT2D eigenvalue weighted by Crippen LogP contribution is -2.47. The first kappa shape index (κ1) is 22.1. The first-order valence-electron chi connectivity index (χ1n) is 12.0. The van der Waals surface area contributed by atoms with Crippen LogP contribution >= 0.6 is 0 Å². The van der Waals surface area contributed by atoms with Crippen molar-refractivity contribution in [1.82, 2.24) is 20.3 Å². The van der Waals surface area contributed by atoms with Crippen molar-refractivity contribution in [2.45, 2.75) is 44.3 Å². The molecule has 1 fully saturated rings. The Morgan fingerprint density at radius 2 is 1.89 bits per heavy atom. The number of aromatic nitrogens is 3. The highest BCUT2D eigenvalue weighted by atomic mass is 16.7. The minimum Gasteiger partial charge on any atom is -0.467 e. The topological polar surface area (TPSA) is 112 Å². The van der Waals surface area contributed by atoms with Gasteiger partial charge in [0.05, 0.1) is 11.8 Å². The molecule has 2 amide bonds. The van der Waals surface area contributed by atoms with Crippen LogP contribution in [0.3, 0.4) is 0 Å². The normalized spacial score (nSPS) is 15.8. The van der Waals surface area contributed by atoms with Gasteiger partial charge in [-0.25, -0.2) is 4.68 Å². The third-order valence-corrected chi connectivity index (χ3v) is 6.63. The molecule has 1 aliphatic heterocycles. The van der Waals surface area contributed by atoms with Crippen LogP contribution in [-0.2, 0) is 16.1 Å². The number of nitrogens with one attached hydrogen (secondary N) is 1. The molecule has 10 heteroatoms. The molecule has 184 valence electrons. The number of nitrogens with zero attached hydrogens (tertiary/aromatic N) is 4. The van der Waals surface area contributed by atoms with Crippen molar-refractivity contribution in [1.29, 1.82) is 0 Å². The number of para-hydroxylation sites is 1. The summed E-state index contributed by atoms with van der Waals surface area (Å²) in [7, 11) is 0. The smallest absolute Gasteiger partial charge is 0.251 e. The van der Waals surface area contributed by atoms with Gasteiger partial charge in [-0.05, 0) is 49.2 Å². The molecule has 0 bridgehead atoms. The summed E-state index contributed by atoms with van der Waals surface area (Å²) in [5.74, 6) is 0.794. The van der Waals surface area contributed by atoms with Crippen LogP contribution in [0.25, 0.3) is 11.0 Å². The largest absolute Gasteiger partial charge is 0.467 e. The summed E-state index contributed by atoms with van der Waals surface area (Å²) in [5, 5.41) is 11.5. The predicted octanol–water partition coefficient (Wildman–Crippen LogP) is 3.59. The Balaban J connectivity index is 1.40. The van der Waals surface area contributed by atoms with E-state index in [1.807, 2.05) is 24.3 Å². The summed E-state index contributed by atoms with van der Waals surface area (Å²) >= 11 is 0. The van der Waals surface area contributed by atoms with E-state index in [4.69, 9.17) is 13.9 Å². The molecule has 6 rings (SSSR count). The summed E-state index contributed by atoms with van der Waals surface area (Å²) in [5.41, 5.74) is 1.89. The van der Waals surface area contributed by atoms with E-state index in [1.54, 1.807) is 30.3 Å². The fourth-order valence-corrected chi connectivity index (χ4v) is 4.88. The Morgan fingerprint density at radius 3 is 2.72 bits per heavy atom. The zero-order chi connectivity index (χ0) is 24.5. The number of furan rings is 1. The average Bonchev–Trinajstić information content (AvgIpc) is 3.70. The van der Waals surface area contributed by atoms with Gasteiger partial charge in [-0.2, -0.15) is 0 Å². The molecule has 10 nitrogen and oxygen atoms in total. The number of amides is 2. The molecule has 3 heterocycles. The zero-order valence-corrected chi connectivity index (χ0v) is 19.5. The first-order valence-corrected chi connectivity index (χ1v) is 12.0. The number of benzene rings is 2. The van der Waals surface area contributed by atoms with Crippen molar-refractivity contribution in [2.24, 2.45) is 0 Å². The quantitative estimate of drug-likeness (QED) is 0.424. The van der Waals surface area contributed by atoms with Crippen molar-refractivity contribution in [3.05, 3.63) is 66.6 Å². The fraction of sp³-hybridized carbons (Fsp3) is 0.308. The molecule has 0 saturated heterocycles. The van der Waals surface area contributed by atoms with Crippen LogP contribution in [0.5, 0.6) is 11.5 Å². The number of hydrogen-bond acceptors (Lipinski definition) is 7. The highest BCUT2D eigenvalue weighted by molar-refractivity contribution is 6.01. The second-order valence-corrected chi connectivity index (χ2v) is 8.95. The number of anilines is 1. The minimum absolute atomic E-state index is 0.0722. The van der Waals surface area contributed by atoms with Gasteiger partial charge in [0.25, 0.3) is 5.91 Å². The van der Waals surface area contributed by atoms with Gasteiger partial charge in [0, 0.05) is 17.8 Å². The standard InChI is InChI=1S/C26H25N5O5/c32-24(15-30-20-9-4-3-8-19(20)28-29-30)31(18-11-12-21-23(14-18)36-16-35-21)25(22-10-5-13-34-22)26(33)27-17-6-1-2-7-17/h3-5,8-14,17,25H,1-2,6-7,15-16H2,(H,27,33)/t25-/m0/s1. The van der Waals surface area contributed by atoms with Crippen LogP contribution in [-0.4, -0.2) is 39.6 Å². The predicted molar refractivity (Wildman–Crippen MR) is 129 cm³/mol. The maximum atomic E-state index is 14.0. The van der Waals surface area contributed by atoms with Crippen molar-refractivity contribution in [3.63, 3.8) is 0 Å². The van der Waals surface area contributed by atoms with Gasteiger partial charge in [0.2, 0.25) is 12.7 Å². The van der Waals surface area contributed by atoms with Gasteiger partial charge < -0.3 is 19.2 Å². The number of fused-ring (bicyclic) bond motifs is 2. The SMILES string of the molecule is O=C(NC1CCCC1)[C@H](c1ccco1)N(C(=O)Cn1nnc2ccccc21)c1ccc2c(c1)OCO2. The summed E-state index contributed by atoms with van der Waals surface area (Å²) in [4.78, 5) is 29.1. The fourth-order valence-electron chi connectivity index (χ4n) is 4.88. The zero-order valence-electron chi connectivity index (χ0n) is 19.5. The maximum absolute atomic E-state index is 14.0. The van der Waals surface area contributed by atoms with E-state index in [0.29, 0.717) is 28.5 Å². The molecule has 2 aliphatic rings. The van der Waals surface area contributed by atoms with E-state index < -0.39 is 6.04 Å². The van der Waals surface area contributed by atoms with E-state index >= 15 is 0 Å². The molecule has 4 aromatic rings. The number of carbonyl (C=O) groups is 2. The highest BCUT2D eigenvalue weighted by Gasteiger charge is 2.37. The molecule has 1 N–H and O–H groups in total. The number of rotatable bonds is 7. The van der Waals surface area contributed by atoms with Gasteiger partial charge >= 0.3 is 0 Å². The van der Waals surface area contributed by atoms with Gasteiger partial charge in [-0.1, -0.05) is 30.2 Å². The van der Waals surface area contributed by atoms with Crippen molar-refractivity contribution < 1.29 is 23.5 Å². The number of carbonyl (C=O) groups excluding carboxylic acids is 2. The Bertz CT molecular complexity index is 1390. The van der Waals surface area contributed by atoms with Crippen LogP contribution in [0, 0.1) is 0 Å². The van der Waals surface area contributed by atoms with Crippen molar-refractivity contribution in [3.8, 4) is 11.5 Å². The van der Waals surface area contributed by atoms with E-state index in [-0.39, 0.29) is 31.2 Å². The van der Waals surface area contributed by atoms with E-state index in [0.717, 1.165) is 31.2 Å². The maximum Gasteiger partial charge on any atom is 0.251 e. The molecule has 0 spiro atoms. The monoisotopic (exact) mass is 487 g/mol. The van der Waals surface area contributed by atoms with Crippen LogP contribution in [0.1, 0.15) is 37.5 Å². The third-order valence-electron chi connectivity index (χ3n) is 6.63. The van der Waals surface area contributed by atoms with E-state index in [9.17, 15) is 9.59 Å². The second-order valence-electron chi connectivity index (χ2n) is 8.95. The molecule has 1 saturated carbocycles. The summed E-state index contributed by atoms with van der Waals surface area (Å²) in [6.07, 6.45) is 5.47. The average molecular weight is 488 g/mol. The van der Waals surface area contributed by atoms with Gasteiger partial charge in [0.1, 0.15) is 17.8 Å². The second kappa shape index (κ2) is 9.37. The van der Waals surface area contributed by atoms with Crippen molar-refractivity contribution >= 4 is 28.5 Å². The van der Waals surface area contributed by atoms with Gasteiger partial charge in [-0.15, -0.1) is 5.10 Å². The van der Waals surface area contributed by atoms with Gasteiger partial charge in [-0.3, -0.25) is 14.5 Å². The summed E-state index contributed by atoms with van der Waals surface area (Å²) in [6.45, 7) is -0.0235. The molecule has 1 aliphatic carbocycles. The lowest BCUT2D eigenvalue weighted by atomic mass is 10.1. The molecule has 2 aromatic heterocycles. The molecule has 2 aromatic carbocycles. The Kier molecular flexibility index (Phi) is 5.76. The summed E-state index contributed by atoms with van der Waals surface area (Å²) in [6, 6.07) is 15.1. The van der Waals surface area contributed by atoms with Crippen LogP contribution < -0.4 is 19.7 Å². The van der Waals surface area contributed by atoms with Crippen molar-refractivity contribution in [2.75, 3.05) is 11.7 Å². The third kappa shape index (κ3) is 4.15. The Morgan fingerprint density at radius 1 is 1.06 bits per heavy atom. The van der Waals surface area contributed by atoms with Crippen LogP contribution in [0.15, 0.2) is 65.3 Å². The Hall–Kier alpha value is -4.34. The molecule has 0 unspecified atom stereocenters. The van der Waals surface area contributed by atoms with Gasteiger partial charge in [0.15, 0.2) is 17.5 Å². The number of hydrogen-bond donors (Lipinski definition) is 1. The summed E-state index contributed by atoms with van der Waals surface area (Å²) < 4.78 is 18.2. The highest BCUT2D eigenvalue weighted by Crippen LogP contribution is 2.38. The number of ether oxygens (including phenoxy) is 2. The Labute approximate surface area is 206 Å². The van der Waals surface area contributed by atoms with Crippen LogP contribution in [0.4, 0.5) is 5.69 Å². The lowest BCUT2D eigenvalue weighted by Gasteiger charge is -2.31. The first-order chi connectivity index (χ1) is 17.7. The molecular formula is C26H25N5O5. The molecule has 0 radical (unpaired) electrons.